The van der Waals surface area contributed by atoms with Crippen molar-refractivity contribution in [2.45, 2.75) is 63.3 Å². The minimum atomic E-state index is -3.43. The number of carbonyl (C=O) groups is 1. The van der Waals surface area contributed by atoms with E-state index >= 15 is 0 Å². The molecule has 0 spiro atoms. The first kappa shape index (κ1) is 31.0. The molecule has 0 aromatic heterocycles. The highest BCUT2D eigenvalue weighted by molar-refractivity contribution is 7.90. The molecule has 38 heavy (non-hydrogen) atoms. The van der Waals surface area contributed by atoms with Crippen LogP contribution >= 0.6 is 0 Å². The second kappa shape index (κ2) is 14.2. The van der Waals surface area contributed by atoms with Crippen LogP contribution in [0.25, 0.3) is 0 Å². The molecule has 1 amide bonds. The van der Waals surface area contributed by atoms with Crippen LogP contribution in [0.15, 0.2) is 29.2 Å². The van der Waals surface area contributed by atoms with E-state index in [4.69, 9.17) is 0 Å². The zero-order valence-electron chi connectivity index (χ0n) is 23.3. The Morgan fingerprint density at radius 3 is 2.24 bits per heavy atom. The van der Waals surface area contributed by atoms with Crippen molar-refractivity contribution in [3.05, 3.63) is 29.8 Å². The molecule has 2 aliphatic rings. The van der Waals surface area contributed by atoms with E-state index in [1.165, 1.54) is 10.6 Å². The molecular weight excluding hydrogens is 524 g/mol. The van der Waals surface area contributed by atoms with E-state index in [1.807, 2.05) is 17.0 Å². The van der Waals surface area contributed by atoms with Crippen molar-refractivity contribution in [1.29, 1.82) is 0 Å². The minimum Gasteiger partial charge on any atom is -0.342 e. The van der Waals surface area contributed by atoms with Crippen LogP contribution in [-0.4, -0.2) is 119 Å². The van der Waals surface area contributed by atoms with Gasteiger partial charge in [0.1, 0.15) is 0 Å². The van der Waals surface area contributed by atoms with E-state index in [2.05, 4.69) is 23.6 Å². The molecule has 0 aliphatic carbocycles. The minimum absolute atomic E-state index is 0.0431. The molecule has 1 atom stereocenters. The summed E-state index contributed by atoms with van der Waals surface area (Å²) in [7, 11) is -6.62. The Hall–Kier alpha value is -1.53. The quantitative estimate of drug-likeness (QED) is 0.316. The van der Waals surface area contributed by atoms with Crippen molar-refractivity contribution in [2.24, 2.45) is 0 Å². The molecule has 0 bridgehead atoms. The number of benzene rings is 1. The van der Waals surface area contributed by atoms with E-state index in [0.29, 0.717) is 43.5 Å². The van der Waals surface area contributed by atoms with Gasteiger partial charge in [0.15, 0.2) is 9.84 Å². The highest BCUT2D eigenvalue weighted by Gasteiger charge is 2.30. The normalized spacial score (nSPS) is 19.3. The van der Waals surface area contributed by atoms with Crippen LogP contribution in [0.5, 0.6) is 0 Å². The van der Waals surface area contributed by atoms with Crippen LogP contribution in [0, 0.1) is 0 Å². The zero-order valence-corrected chi connectivity index (χ0v) is 25.0. The maximum Gasteiger partial charge on any atom is 0.237 e. The molecule has 0 N–H and O–H groups in total. The lowest BCUT2D eigenvalue weighted by Crippen LogP contribution is -2.42. The Bertz CT molecular complexity index is 1100. The third kappa shape index (κ3) is 9.29. The molecule has 9 nitrogen and oxygen atoms in total. The van der Waals surface area contributed by atoms with Crippen LogP contribution in [-0.2, 0) is 31.1 Å². The van der Waals surface area contributed by atoms with Crippen molar-refractivity contribution in [2.75, 3.05) is 70.9 Å². The lowest BCUT2D eigenvalue weighted by Gasteiger charge is -2.28. The summed E-state index contributed by atoms with van der Waals surface area (Å²) in [5.74, 6) is -0.00168. The van der Waals surface area contributed by atoms with Crippen LogP contribution in [0.2, 0.25) is 0 Å². The van der Waals surface area contributed by atoms with Gasteiger partial charge in [0.05, 0.1) is 17.2 Å². The van der Waals surface area contributed by atoms with Gasteiger partial charge in [-0.1, -0.05) is 19.1 Å². The van der Waals surface area contributed by atoms with Crippen LogP contribution in [0.3, 0.4) is 0 Å². The number of hydrogen-bond acceptors (Lipinski definition) is 7. The lowest BCUT2D eigenvalue weighted by molar-refractivity contribution is -0.130. The fourth-order valence-corrected chi connectivity index (χ4v) is 7.49. The first-order valence-electron chi connectivity index (χ1n) is 14.0. The summed E-state index contributed by atoms with van der Waals surface area (Å²) in [6.45, 7) is 10.3. The van der Waals surface area contributed by atoms with Gasteiger partial charge in [0.2, 0.25) is 15.9 Å². The molecule has 216 valence electrons. The summed E-state index contributed by atoms with van der Waals surface area (Å²) in [4.78, 5) is 19.6. The number of sulfone groups is 1. The third-order valence-corrected chi connectivity index (χ3v) is 10.7. The molecule has 2 aliphatic heterocycles. The summed E-state index contributed by atoms with van der Waals surface area (Å²) >= 11 is 0. The maximum atomic E-state index is 12.9. The van der Waals surface area contributed by atoms with Gasteiger partial charge in [-0.05, 0) is 89.3 Å². The molecule has 3 rings (SSSR count). The molecule has 1 unspecified atom stereocenters. The van der Waals surface area contributed by atoms with E-state index in [0.717, 1.165) is 63.8 Å². The molecule has 1 aromatic carbocycles. The molecule has 2 heterocycles. The molecule has 2 fully saturated rings. The highest BCUT2D eigenvalue weighted by atomic mass is 32.2. The summed E-state index contributed by atoms with van der Waals surface area (Å²) in [5.41, 5.74) is 1.11. The first-order chi connectivity index (χ1) is 18.0. The van der Waals surface area contributed by atoms with E-state index in [1.54, 1.807) is 12.1 Å². The van der Waals surface area contributed by atoms with Crippen molar-refractivity contribution < 1.29 is 21.6 Å². The monoisotopic (exact) mass is 570 g/mol. The fourth-order valence-electron chi connectivity index (χ4n) is 5.40. The number of nitrogens with zero attached hydrogens (tertiary/aromatic N) is 4. The predicted molar refractivity (Wildman–Crippen MR) is 151 cm³/mol. The van der Waals surface area contributed by atoms with Gasteiger partial charge >= 0.3 is 0 Å². The van der Waals surface area contributed by atoms with Gasteiger partial charge in [-0.2, -0.15) is 4.31 Å². The van der Waals surface area contributed by atoms with Crippen molar-refractivity contribution >= 4 is 25.8 Å². The molecule has 2 saturated heterocycles. The van der Waals surface area contributed by atoms with Gasteiger partial charge in [-0.15, -0.1) is 0 Å². The number of carbonyl (C=O) groups excluding carboxylic acids is 1. The number of hydrogen-bond donors (Lipinski definition) is 0. The van der Waals surface area contributed by atoms with E-state index < -0.39 is 19.9 Å². The standard InChI is InChI=1S/C27H46N4O5S2/c1-4-29(24(2)22-25-10-12-26(13-11-25)37(3,33)34)16-7-8-17-30-18-9-19-31(23-27(30)32)38(35,36)21-20-28-14-5-6-15-28/h10-13,24H,4-9,14-23H2,1-3H3. The topological polar surface area (TPSA) is 98.3 Å². The summed E-state index contributed by atoms with van der Waals surface area (Å²) < 4.78 is 50.5. The SMILES string of the molecule is CCN(CCCCN1CCCN(S(=O)(=O)CCN2CCCC2)CC1=O)C(C)Cc1ccc(S(C)(=O)=O)cc1. The largest absolute Gasteiger partial charge is 0.342 e. The average molecular weight is 571 g/mol. The number of amides is 1. The molecule has 0 saturated carbocycles. The fraction of sp³-hybridized carbons (Fsp3) is 0.741. The highest BCUT2D eigenvalue weighted by Crippen LogP contribution is 2.16. The van der Waals surface area contributed by atoms with Gasteiger partial charge in [-0.3, -0.25) is 4.79 Å². The van der Waals surface area contributed by atoms with Crippen LogP contribution < -0.4 is 0 Å². The molecule has 1 aromatic rings. The van der Waals surface area contributed by atoms with Gasteiger partial charge in [0.25, 0.3) is 0 Å². The van der Waals surface area contributed by atoms with Crippen molar-refractivity contribution in [1.82, 2.24) is 19.0 Å². The second-order valence-corrected chi connectivity index (χ2v) is 14.8. The Morgan fingerprint density at radius 1 is 0.921 bits per heavy atom. The zero-order chi connectivity index (χ0) is 27.8. The molecule has 11 heteroatoms. The maximum absolute atomic E-state index is 12.9. The van der Waals surface area contributed by atoms with Crippen LogP contribution in [0.1, 0.15) is 51.5 Å². The number of likely N-dealkylation sites (tertiary alicyclic amines) is 1. The van der Waals surface area contributed by atoms with Gasteiger partial charge < -0.3 is 14.7 Å². The number of unbranched alkanes of at least 4 members (excludes halogenated alkanes) is 1. The lowest BCUT2D eigenvalue weighted by atomic mass is 10.1. The van der Waals surface area contributed by atoms with E-state index in [-0.39, 0.29) is 18.2 Å². The number of likely N-dealkylation sites (N-methyl/N-ethyl adjacent to an activating group) is 1. The van der Waals surface area contributed by atoms with Gasteiger partial charge in [-0.25, -0.2) is 16.8 Å². The Labute approximate surface area is 230 Å². The average Bonchev–Trinajstić information content (AvgIpc) is 3.32. The van der Waals surface area contributed by atoms with Gasteiger partial charge in [0, 0.05) is 38.5 Å². The Morgan fingerprint density at radius 2 is 1.61 bits per heavy atom. The summed E-state index contributed by atoms with van der Waals surface area (Å²) in [6.07, 6.45) is 6.82. The van der Waals surface area contributed by atoms with Crippen molar-refractivity contribution in [3.63, 3.8) is 0 Å². The second-order valence-electron chi connectivity index (χ2n) is 10.7. The summed E-state index contributed by atoms with van der Waals surface area (Å²) in [5, 5.41) is 0. The summed E-state index contributed by atoms with van der Waals surface area (Å²) in [6, 6.07) is 7.43. The first-order valence-corrected chi connectivity index (χ1v) is 17.5. The Kier molecular flexibility index (Phi) is 11.6. The number of rotatable bonds is 14. The smallest absolute Gasteiger partial charge is 0.237 e. The van der Waals surface area contributed by atoms with Crippen LogP contribution in [0.4, 0.5) is 0 Å². The molecular formula is C27H46N4O5S2. The number of sulfonamides is 1. The Balaban J connectivity index is 1.41. The predicted octanol–water partition coefficient (Wildman–Crippen LogP) is 2.08. The molecule has 0 radical (unpaired) electrons. The van der Waals surface area contributed by atoms with Crippen molar-refractivity contribution in [3.8, 4) is 0 Å². The van der Waals surface area contributed by atoms with E-state index in [9.17, 15) is 21.6 Å². The third-order valence-electron chi connectivity index (χ3n) is 7.79.